The molecule has 0 bridgehead atoms. The van der Waals surface area contributed by atoms with E-state index in [9.17, 15) is 0 Å². The van der Waals surface area contributed by atoms with Gasteiger partial charge in [0.1, 0.15) is 11.5 Å². The van der Waals surface area contributed by atoms with E-state index < -0.39 is 5.82 Å². The largest absolute Gasteiger partial charge is 0.496 e. The van der Waals surface area contributed by atoms with Crippen molar-refractivity contribution in [3.63, 3.8) is 0 Å². The summed E-state index contributed by atoms with van der Waals surface area (Å²) in [6.07, 6.45) is -0.254. The fourth-order valence-electron chi connectivity index (χ4n) is 2.83. The monoisotopic (exact) mass is 471 g/mol. The van der Waals surface area contributed by atoms with Crippen molar-refractivity contribution in [2.75, 3.05) is 7.11 Å². The third kappa shape index (κ3) is 5.35. The predicted octanol–water partition coefficient (Wildman–Crippen LogP) is 6.37. The van der Waals surface area contributed by atoms with E-state index in [1.165, 1.54) is 37.4 Å². The lowest BCUT2D eigenvalue weighted by molar-refractivity contribution is 0.410. The SMILES string of the molecule is COc1ccccc1C(=N)OC(=N)Cc1ccc(Cl)c(Oc2cc(Cl)cc(C#N)c2)c1F. The molecule has 0 aliphatic rings. The standard InChI is InChI=1S/C23H16Cl2FN3O3/c1-30-19-5-3-2-4-17(19)23(29)32-20(28)10-14-6-7-18(25)22(21(14)26)31-16-9-13(12-27)8-15(24)11-16/h2-9,11,28-29H,10H2,1H3. The molecule has 0 amide bonds. The van der Waals surface area contributed by atoms with Gasteiger partial charge < -0.3 is 14.2 Å². The van der Waals surface area contributed by atoms with E-state index in [0.717, 1.165) is 0 Å². The molecule has 3 rings (SSSR count). The van der Waals surface area contributed by atoms with Crippen LogP contribution in [0, 0.1) is 28.0 Å². The van der Waals surface area contributed by atoms with E-state index in [-0.39, 0.29) is 50.9 Å². The highest BCUT2D eigenvalue weighted by molar-refractivity contribution is 6.32. The number of para-hydroxylation sites is 1. The van der Waals surface area contributed by atoms with Crippen molar-refractivity contribution >= 4 is 35.0 Å². The van der Waals surface area contributed by atoms with Gasteiger partial charge in [-0.1, -0.05) is 41.4 Å². The number of hydrogen-bond donors (Lipinski definition) is 2. The third-order valence-corrected chi connectivity index (χ3v) is 4.79. The number of nitriles is 1. The average Bonchev–Trinajstić information content (AvgIpc) is 2.78. The number of methoxy groups -OCH3 is 1. The normalized spacial score (nSPS) is 10.2. The summed E-state index contributed by atoms with van der Waals surface area (Å²) in [5, 5.41) is 25.5. The third-order valence-electron chi connectivity index (χ3n) is 4.28. The van der Waals surface area contributed by atoms with E-state index in [1.807, 2.05) is 6.07 Å². The van der Waals surface area contributed by atoms with Gasteiger partial charge in [0, 0.05) is 10.6 Å². The fraction of sp³-hybridized carbons (Fsp3) is 0.0870. The molecule has 0 spiro atoms. The fourth-order valence-corrected chi connectivity index (χ4v) is 3.24. The first-order valence-corrected chi connectivity index (χ1v) is 9.90. The lowest BCUT2D eigenvalue weighted by Crippen LogP contribution is -2.15. The average molecular weight is 472 g/mol. The maximum absolute atomic E-state index is 15.1. The second-order valence-electron chi connectivity index (χ2n) is 6.47. The zero-order valence-corrected chi connectivity index (χ0v) is 18.2. The Morgan fingerprint density at radius 3 is 2.56 bits per heavy atom. The molecule has 0 saturated carbocycles. The smallest absolute Gasteiger partial charge is 0.224 e. The number of hydrogen-bond acceptors (Lipinski definition) is 6. The maximum atomic E-state index is 15.1. The van der Waals surface area contributed by atoms with Gasteiger partial charge in [-0.15, -0.1) is 0 Å². The van der Waals surface area contributed by atoms with Crippen molar-refractivity contribution in [2.45, 2.75) is 6.42 Å². The van der Waals surface area contributed by atoms with Crippen LogP contribution in [0.3, 0.4) is 0 Å². The van der Waals surface area contributed by atoms with Gasteiger partial charge in [0.2, 0.25) is 5.90 Å². The quantitative estimate of drug-likeness (QED) is 0.322. The van der Waals surface area contributed by atoms with Gasteiger partial charge in [-0.3, -0.25) is 10.8 Å². The van der Waals surface area contributed by atoms with Crippen molar-refractivity contribution in [2.24, 2.45) is 0 Å². The first kappa shape index (κ1) is 23.1. The van der Waals surface area contributed by atoms with Crippen LogP contribution in [0.5, 0.6) is 17.2 Å². The van der Waals surface area contributed by atoms with Crippen LogP contribution in [0.2, 0.25) is 10.0 Å². The van der Waals surface area contributed by atoms with Gasteiger partial charge in [0.25, 0.3) is 0 Å². The number of benzene rings is 3. The Morgan fingerprint density at radius 1 is 1.09 bits per heavy atom. The molecule has 0 fully saturated rings. The van der Waals surface area contributed by atoms with Crippen LogP contribution in [0.25, 0.3) is 0 Å². The highest BCUT2D eigenvalue weighted by atomic mass is 35.5. The summed E-state index contributed by atoms with van der Waals surface area (Å²) < 4.78 is 31.1. The predicted molar refractivity (Wildman–Crippen MR) is 120 cm³/mol. The Hall–Kier alpha value is -3.60. The number of rotatable bonds is 6. The second kappa shape index (κ2) is 10.1. The van der Waals surface area contributed by atoms with Crippen molar-refractivity contribution in [1.82, 2.24) is 0 Å². The molecule has 2 N–H and O–H groups in total. The number of ether oxygens (including phenoxy) is 3. The minimum atomic E-state index is -0.798. The molecule has 0 saturated heterocycles. The van der Waals surface area contributed by atoms with Gasteiger partial charge in [0.05, 0.1) is 35.7 Å². The van der Waals surface area contributed by atoms with E-state index in [1.54, 1.807) is 24.3 Å². The molecule has 6 nitrogen and oxygen atoms in total. The van der Waals surface area contributed by atoms with Crippen molar-refractivity contribution < 1.29 is 18.6 Å². The molecular weight excluding hydrogens is 456 g/mol. The maximum Gasteiger partial charge on any atom is 0.224 e. The molecule has 3 aromatic carbocycles. The Balaban J connectivity index is 1.79. The van der Waals surface area contributed by atoms with Crippen LogP contribution in [0.4, 0.5) is 4.39 Å². The summed E-state index contributed by atoms with van der Waals surface area (Å²) in [6.45, 7) is 0. The number of nitrogens with one attached hydrogen (secondary N) is 2. The topological polar surface area (TPSA) is 99.2 Å². The van der Waals surface area contributed by atoms with Crippen molar-refractivity contribution in [3.8, 4) is 23.3 Å². The summed E-state index contributed by atoms with van der Waals surface area (Å²) in [5.74, 6) is -1.19. The molecule has 9 heteroatoms. The number of halogens is 3. The zero-order chi connectivity index (χ0) is 23.3. The minimum Gasteiger partial charge on any atom is -0.496 e. The Kier molecular flexibility index (Phi) is 7.31. The molecule has 0 aromatic heterocycles. The van der Waals surface area contributed by atoms with E-state index >= 15 is 4.39 Å². The Labute approximate surface area is 193 Å². The van der Waals surface area contributed by atoms with E-state index in [4.69, 9.17) is 53.5 Å². The van der Waals surface area contributed by atoms with Gasteiger partial charge in [-0.25, -0.2) is 4.39 Å². The highest BCUT2D eigenvalue weighted by Crippen LogP contribution is 2.35. The lowest BCUT2D eigenvalue weighted by Gasteiger charge is -2.14. The Morgan fingerprint density at radius 2 is 1.84 bits per heavy atom. The van der Waals surface area contributed by atoms with Crippen LogP contribution in [-0.2, 0) is 11.2 Å². The number of nitrogens with zero attached hydrogens (tertiary/aromatic N) is 1. The van der Waals surface area contributed by atoms with Crippen LogP contribution < -0.4 is 9.47 Å². The van der Waals surface area contributed by atoms with Crippen molar-refractivity contribution in [1.29, 1.82) is 16.1 Å². The minimum absolute atomic E-state index is 0.000975. The van der Waals surface area contributed by atoms with Crippen LogP contribution in [0.15, 0.2) is 54.6 Å². The molecule has 0 aliphatic carbocycles. The first-order chi connectivity index (χ1) is 15.3. The van der Waals surface area contributed by atoms with Crippen LogP contribution >= 0.6 is 23.2 Å². The Bertz CT molecular complexity index is 1240. The molecule has 0 radical (unpaired) electrons. The van der Waals surface area contributed by atoms with Crippen LogP contribution in [-0.4, -0.2) is 18.9 Å². The van der Waals surface area contributed by atoms with Gasteiger partial charge in [-0.2, -0.15) is 5.26 Å². The first-order valence-electron chi connectivity index (χ1n) is 9.15. The van der Waals surface area contributed by atoms with Crippen molar-refractivity contribution in [3.05, 3.63) is 87.2 Å². The molecule has 3 aromatic rings. The lowest BCUT2D eigenvalue weighted by atomic mass is 10.1. The molecule has 0 aliphatic heterocycles. The molecule has 0 unspecified atom stereocenters. The summed E-state index contributed by atoms with van der Waals surface area (Å²) in [6, 6.07) is 15.7. The summed E-state index contributed by atoms with van der Waals surface area (Å²) in [7, 11) is 1.46. The van der Waals surface area contributed by atoms with Gasteiger partial charge >= 0.3 is 0 Å². The van der Waals surface area contributed by atoms with E-state index in [0.29, 0.717) is 11.3 Å². The summed E-state index contributed by atoms with van der Waals surface area (Å²) >= 11 is 12.1. The molecule has 0 atom stereocenters. The summed E-state index contributed by atoms with van der Waals surface area (Å²) in [4.78, 5) is 0. The van der Waals surface area contributed by atoms with E-state index in [2.05, 4.69) is 0 Å². The van der Waals surface area contributed by atoms with Gasteiger partial charge in [-0.05, 0) is 36.4 Å². The molecule has 32 heavy (non-hydrogen) atoms. The summed E-state index contributed by atoms with van der Waals surface area (Å²) in [5.41, 5.74) is 0.671. The van der Waals surface area contributed by atoms with Gasteiger partial charge in [0.15, 0.2) is 17.5 Å². The molecular formula is C23H16Cl2FN3O3. The zero-order valence-electron chi connectivity index (χ0n) is 16.7. The molecule has 162 valence electrons. The second-order valence-corrected chi connectivity index (χ2v) is 7.31. The molecule has 0 heterocycles. The van der Waals surface area contributed by atoms with Crippen LogP contribution in [0.1, 0.15) is 16.7 Å². The highest BCUT2D eigenvalue weighted by Gasteiger charge is 2.19.